The fourth-order valence-corrected chi connectivity index (χ4v) is 6.44. The molecule has 1 aliphatic carbocycles. The molecule has 1 aliphatic heterocycles. The predicted molar refractivity (Wildman–Crippen MR) is 134 cm³/mol. The Morgan fingerprint density at radius 2 is 1.72 bits per heavy atom. The molecule has 1 heterocycles. The number of nitrogens with one attached hydrogen (secondary N) is 2. The lowest BCUT2D eigenvalue weighted by molar-refractivity contribution is -0.138. The number of carbonyl (C=O) groups excluding carboxylic acids is 1. The van der Waals surface area contributed by atoms with Crippen LogP contribution in [0.3, 0.4) is 0 Å². The number of anilines is 1. The van der Waals surface area contributed by atoms with Crippen LogP contribution < -0.4 is 14.9 Å². The van der Waals surface area contributed by atoms with Crippen LogP contribution in [0.15, 0.2) is 47.4 Å². The summed E-state index contributed by atoms with van der Waals surface area (Å²) in [5, 5.41) is 12.4. The number of halogens is 1. The van der Waals surface area contributed by atoms with E-state index in [0.717, 1.165) is 11.1 Å². The molecular formula is C26H32FN3O5S. The zero-order valence-electron chi connectivity index (χ0n) is 20.4. The van der Waals surface area contributed by atoms with Gasteiger partial charge in [0.05, 0.1) is 10.9 Å². The van der Waals surface area contributed by atoms with Gasteiger partial charge >= 0.3 is 5.97 Å². The molecule has 2 aliphatic rings. The minimum atomic E-state index is -3.81. The van der Waals surface area contributed by atoms with Crippen molar-refractivity contribution in [1.82, 2.24) is 10.0 Å². The van der Waals surface area contributed by atoms with Crippen LogP contribution in [0.1, 0.15) is 56.2 Å². The van der Waals surface area contributed by atoms with Crippen LogP contribution in [-0.2, 0) is 26.0 Å². The fourth-order valence-electron chi connectivity index (χ4n) is 5.12. The van der Waals surface area contributed by atoms with E-state index >= 15 is 0 Å². The normalized spacial score (nSPS) is 23.0. The molecular weight excluding hydrogens is 485 g/mol. The second-order valence-corrected chi connectivity index (χ2v) is 11.5. The van der Waals surface area contributed by atoms with Crippen molar-refractivity contribution in [3.63, 3.8) is 0 Å². The van der Waals surface area contributed by atoms with E-state index in [-0.39, 0.29) is 34.6 Å². The van der Waals surface area contributed by atoms with Crippen LogP contribution in [0.2, 0.25) is 0 Å². The second-order valence-electron chi connectivity index (χ2n) is 9.75. The van der Waals surface area contributed by atoms with E-state index in [1.54, 1.807) is 42.3 Å². The van der Waals surface area contributed by atoms with Crippen molar-refractivity contribution in [3.8, 4) is 0 Å². The highest BCUT2D eigenvalue weighted by Gasteiger charge is 2.32. The molecule has 2 aromatic rings. The van der Waals surface area contributed by atoms with Crippen molar-refractivity contribution in [1.29, 1.82) is 0 Å². The molecule has 2 atom stereocenters. The van der Waals surface area contributed by atoms with Crippen LogP contribution in [-0.4, -0.2) is 44.5 Å². The van der Waals surface area contributed by atoms with Crippen LogP contribution in [0.5, 0.6) is 0 Å². The van der Waals surface area contributed by atoms with E-state index in [1.807, 2.05) is 6.92 Å². The summed E-state index contributed by atoms with van der Waals surface area (Å²) in [6, 6.07) is 9.65. The van der Waals surface area contributed by atoms with Crippen molar-refractivity contribution < 1.29 is 27.5 Å². The number of sulfonamides is 1. The van der Waals surface area contributed by atoms with Crippen LogP contribution in [0.4, 0.5) is 10.1 Å². The molecule has 194 valence electrons. The van der Waals surface area contributed by atoms with Gasteiger partial charge in [-0.1, -0.05) is 18.2 Å². The number of nitrogens with zero attached hydrogens (tertiary/aromatic N) is 1. The zero-order valence-corrected chi connectivity index (χ0v) is 21.2. The molecule has 10 heteroatoms. The van der Waals surface area contributed by atoms with E-state index in [4.69, 9.17) is 0 Å². The quantitative estimate of drug-likeness (QED) is 0.519. The molecule has 1 saturated carbocycles. The summed E-state index contributed by atoms with van der Waals surface area (Å²) in [5.74, 6) is -1.55. The van der Waals surface area contributed by atoms with E-state index in [2.05, 4.69) is 10.0 Å². The number of hydrogen-bond donors (Lipinski definition) is 3. The highest BCUT2D eigenvalue weighted by atomic mass is 32.2. The molecule has 4 rings (SSSR count). The molecule has 0 saturated heterocycles. The first-order valence-electron chi connectivity index (χ1n) is 12.2. The zero-order chi connectivity index (χ0) is 26.0. The van der Waals surface area contributed by atoms with E-state index in [9.17, 15) is 27.5 Å². The van der Waals surface area contributed by atoms with Gasteiger partial charge in [-0.2, -0.15) is 0 Å². The number of likely N-dealkylation sites (N-methyl/N-ethyl adjacent to an activating group) is 1. The van der Waals surface area contributed by atoms with Gasteiger partial charge in [0.2, 0.25) is 15.9 Å². The minimum absolute atomic E-state index is 0.0844. The lowest BCUT2D eigenvalue weighted by Gasteiger charge is -2.34. The molecule has 1 fully saturated rings. The Kier molecular flexibility index (Phi) is 7.65. The van der Waals surface area contributed by atoms with Gasteiger partial charge in [0.1, 0.15) is 11.9 Å². The summed E-state index contributed by atoms with van der Waals surface area (Å²) in [7, 11) is -2.14. The Morgan fingerprint density at radius 3 is 2.36 bits per heavy atom. The summed E-state index contributed by atoms with van der Waals surface area (Å²) >= 11 is 0. The number of aliphatic carboxylic acids is 1. The third-order valence-electron chi connectivity index (χ3n) is 7.34. The monoisotopic (exact) mass is 517 g/mol. The van der Waals surface area contributed by atoms with Crippen molar-refractivity contribution in [2.45, 2.75) is 68.5 Å². The summed E-state index contributed by atoms with van der Waals surface area (Å²) < 4.78 is 42.1. The SMILES string of the molecule is C[C@@H](NC(=O)C1CCC(NS(=O)(=O)c2ccc3c(c2)N(C)C(C(=O)O)CC3)CC1)c1ccc(F)cc1. The summed E-state index contributed by atoms with van der Waals surface area (Å²) in [4.78, 5) is 26.0. The average Bonchev–Trinajstić information content (AvgIpc) is 2.84. The van der Waals surface area contributed by atoms with E-state index in [0.29, 0.717) is 44.2 Å². The molecule has 36 heavy (non-hydrogen) atoms. The molecule has 0 bridgehead atoms. The second kappa shape index (κ2) is 10.6. The molecule has 8 nitrogen and oxygen atoms in total. The Morgan fingerprint density at radius 1 is 1.06 bits per heavy atom. The number of carboxylic acids is 1. The first-order chi connectivity index (χ1) is 17.0. The molecule has 0 aromatic heterocycles. The van der Waals surface area contributed by atoms with E-state index in [1.165, 1.54) is 12.1 Å². The van der Waals surface area contributed by atoms with Gasteiger partial charge < -0.3 is 15.3 Å². The number of amides is 1. The minimum Gasteiger partial charge on any atom is -0.480 e. The van der Waals surface area contributed by atoms with Crippen molar-refractivity contribution in [2.75, 3.05) is 11.9 Å². The number of carbonyl (C=O) groups is 2. The lowest BCUT2D eigenvalue weighted by atomic mass is 9.85. The first kappa shape index (κ1) is 26.1. The van der Waals surface area contributed by atoms with Gasteiger partial charge in [0.15, 0.2) is 0 Å². The maximum absolute atomic E-state index is 13.1. The highest BCUT2D eigenvalue weighted by molar-refractivity contribution is 7.89. The Balaban J connectivity index is 1.34. The number of rotatable bonds is 7. The van der Waals surface area contributed by atoms with Crippen molar-refractivity contribution >= 4 is 27.6 Å². The molecule has 1 amide bonds. The topological polar surface area (TPSA) is 116 Å². The number of hydrogen-bond acceptors (Lipinski definition) is 5. The maximum atomic E-state index is 13.1. The number of carboxylic acid groups (broad SMARTS) is 1. The summed E-state index contributed by atoms with van der Waals surface area (Å²) in [5.41, 5.74) is 2.36. The highest BCUT2D eigenvalue weighted by Crippen LogP contribution is 2.32. The number of benzene rings is 2. The van der Waals surface area contributed by atoms with Crippen molar-refractivity contribution in [2.24, 2.45) is 5.92 Å². The molecule has 0 radical (unpaired) electrons. The average molecular weight is 518 g/mol. The van der Waals surface area contributed by atoms with E-state index < -0.39 is 22.0 Å². The fraction of sp³-hybridized carbons (Fsp3) is 0.462. The predicted octanol–water partition coefficient (Wildman–Crippen LogP) is 3.38. The Labute approximate surface area is 210 Å². The largest absolute Gasteiger partial charge is 0.480 e. The lowest BCUT2D eigenvalue weighted by Crippen LogP contribution is -2.42. The maximum Gasteiger partial charge on any atom is 0.326 e. The van der Waals surface area contributed by atoms with Gasteiger partial charge in [0.25, 0.3) is 0 Å². The summed E-state index contributed by atoms with van der Waals surface area (Å²) in [6.45, 7) is 1.85. The van der Waals surface area contributed by atoms with Crippen LogP contribution >= 0.6 is 0 Å². The standard InChI is InChI=1S/C26H32FN3O5S/c1-16(17-3-9-20(27)10-4-17)28-25(31)19-5-11-21(12-6-19)29-36(34,35)22-13-7-18-8-14-23(26(32)33)30(2)24(18)15-22/h3-4,7,9-10,13,15-16,19,21,23,29H,5-6,8,11-12,14H2,1-2H3,(H,28,31)(H,32,33)/t16-,19?,21?,23?/m1/s1. The Bertz CT molecular complexity index is 1230. The number of fused-ring (bicyclic) bond motifs is 1. The van der Waals surface area contributed by atoms with Gasteiger partial charge in [-0.15, -0.1) is 0 Å². The molecule has 0 spiro atoms. The third-order valence-corrected chi connectivity index (χ3v) is 8.85. The van der Waals surface area contributed by atoms with Crippen LogP contribution in [0.25, 0.3) is 0 Å². The van der Waals surface area contributed by atoms with Crippen LogP contribution in [0, 0.1) is 11.7 Å². The van der Waals surface area contributed by atoms with Crippen molar-refractivity contribution in [3.05, 3.63) is 59.4 Å². The summed E-state index contributed by atoms with van der Waals surface area (Å²) in [6.07, 6.45) is 3.24. The molecule has 1 unspecified atom stereocenters. The third kappa shape index (κ3) is 5.70. The van der Waals surface area contributed by atoms with Gasteiger partial charge in [0, 0.05) is 24.7 Å². The van der Waals surface area contributed by atoms with Gasteiger partial charge in [-0.3, -0.25) is 4.79 Å². The van der Waals surface area contributed by atoms with Gasteiger partial charge in [-0.05, 0) is 80.8 Å². The number of aryl methyl sites for hydroxylation is 1. The smallest absolute Gasteiger partial charge is 0.326 e. The molecule has 3 N–H and O–H groups in total. The first-order valence-corrected chi connectivity index (χ1v) is 13.7. The molecule has 2 aromatic carbocycles. The van der Waals surface area contributed by atoms with Gasteiger partial charge in [-0.25, -0.2) is 22.3 Å². The Hall–Kier alpha value is -2.98.